The first-order valence-electron chi connectivity index (χ1n) is 6.58. The SMILES string of the molecule is CCCNc1nc(C)nc(NC2(CO)CC2)c1C. The molecule has 1 aromatic rings. The number of nitrogens with one attached hydrogen (secondary N) is 2. The number of nitrogens with zero attached hydrogens (tertiary/aromatic N) is 2. The van der Waals surface area contributed by atoms with Crippen molar-refractivity contribution >= 4 is 11.6 Å². The van der Waals surface area contributed by atoms with Crippen LogP contribution in [-0.4, -0.2) is 33.8 Å². The molecule has 5 heteroatoms. The molecule has 0 aromatic carbocycles. The number of hydrogen-bond acceptors (Lipinski definition) is 5. The lowest BCUT2D eigenvalue weighted by atomic mass is 10.2. The van der Waals surface area contributed by atoms with Gasteiger partial charge in [-0.25, -0.2) is 9.97 Å². The van der Waals surface area contributed by atoms with Gasteiger partial charge >= 0.3 is 0 Å². The van der Waals surface area contributed by atoms with Crippen LogP contribution in [0.1, 0.15) is 37.6 Å². The molecule has 1 fully saturated rings. The van der Waals surface area contributed by atoms with Crippen molar-refractivity contribution in [1.82, 2.24) is 9.97 Å². The Balaban J connectivity index is 2.21. The van der Waals surface area contributed by atoms with Crippen molar-refractivity contribution < 1.29 is 5.11 Å². The van der Waals surface area contributed by atoms with Crippen molar-refractivity contribution in [2.24, 2.45) is 0 Å². The Bertz CT molecular complexity index is 429. The van der Waals surface area contributed by atoms with Crippen molar-refractivity contribution in [2.45, 2.75) is 45.6 Å². The Morgan fingerprint density at radius 1 is 1.22 bits per heavy atom. The third-order valence-corrected chi connectivity index (χ3v) is 3.34. The van der Waals surface area contributed by atoms with Crippen LogP contribution in [0, 0.1) is 13.8 Å². The highest BCUT2D eigenvalue weighted by molar-refractivity contribution is 5.58. The number of hydrogen-bond donors (Lipinski definition) is 3. The molecular formula is C13H22N4O. The average Bonchev–Trinajstić information content (AvgIpc) is 3.12. The first kappa shape index (κ1) is 13.1. The van der Waals surface area contributed by atoms with Crippen LogP contribution in [-0.2, 0) is 0 Å². The molecule has 0 aliphatic heterocycles. The van der Waals surface area contributed by atoms with Crippen LogP contribution in [0.4, 0.5) is 11.6 Å². The second-order valence-corrected chi connectivity index (χ2v) is 5.08. The van der Waals surface area contributed by atoms with Crippen LogP contribution < -0.4 is 10.6 Å². The normalized spacial score (nSPS) is 16.4. The Hall–Kier alpha value is -1.36. The lowest BCUT2D eigenvalue weighted by Gasteiger charge is -2.19. The van der Waals surface area contributed by atoms with Gasteiger partial charge in [-0.3, -0.25) is 0 Å². The van der Waals surface area contributed by atoms with Gasteiger partial charge in [0.25, 0.3) is 0 Å². The largest absolute Gasteiger partial charge is 0.394 e. The molecule has 0 atom stereocenters. The summed E-state index contributed by atoms with van der Waals surface area (Å²) in [6, 6.07) is 0. The number of aliphatic hydroxyl groups excluding tert-OH is 1. The molecule has 0 radical (unpaired) electrons. The fourth-order valence-corrected chi connectivity index (χ4v) is 1.89. The summed E-state index contributed by atoms with van der Waals surface area (Å²) in [5.74, 6) is 2.48. The maximum atomic E-state index is 9.37. The van der Waals surface area contributed by atoms with Crippen LogP contribution in [0.25, 0.3) is 0 Å². The van der Waals surface area contributed by atoms with E-state index in [0.717, 1.165) is 48.8 Å². The summed E-state index contributed by atoms with van der Waals surface area (Å²) in [6.07, 6.45) is 3.07. The van der Waals surface area contributed by atoms with Crippen molar-refractivity contribution in [3.05, 3.63) is 11.4 Å². The van der Waals surface area contributed by atoms with Crippen LogP contribution >= 0.6 is 0 Å². The molecule has 0 saturated heterocycles. The van der Waals surface area contributed by atoms with Gasteiger partial charge in [0.1, 0.15) is 17.5 Å². The molecule has 1 aliphatic rings. The second kappa shape index (κ2) is 5.10. The van der Waals surface area contributed by atoms with E-state index in [1.165, 1.54) is 0 Å². The molecular weight excluding hydrogens is 228 g/mol. The molecule has 100 valence electrons. The topological polar surface area (TPSA) is 70.1 Å². The molecule has 2 rings (SSSR count). The summed E-state index contributed by atoms with van der Waals surface area (Å²) >= 11 is 0. The maximum Gasteiger partial charge on any atom is 0.135 e. The van der Waals surface area contributed by atoms with Gasteiger partial charge < -0.3 is 15.7 Å². The summed E-state index contributed by atoms with van der Waals surface area (Å²) in [5, 5.41) is 16.0. The van der Waals surface area contributed by atoms with E-state index in [9.17, 15) is 5.11 Å². The number of aliphatic hydroxyl groups is 1. The zero-order chi connectivity index (χ0) is 13.2. The Kier molecular flexibility index (Phi) is 3.71. The highest BCUT2D eigenvalue weighted by Crippen LogP contribution is 2.39. The van der Waals surface area contributed by atoms with E-state index in [0.29, 0.717) is 0 Å². The van der Waals surface area contributed by atoms with Gasteiger partial charge in [-0.1, -0.05) is 6.92 Å². The first-order valence-corrected chi connectivity index (χ1v) is 6.58. The highest BCUT2D eigenvalue weighted by Gasteiger charge is 2.42. The fraction of sp³-hybridized carbons (Fsp3) is 0.692. The predicted molar refractivity (Wildman–Crippen MR) is 73.0 cm³/mol. The van der Waals surface area contributed by atoms with Crippen LogP contribution in [0.2, 0.25) is 0 Å². The van der Waals surface area contributed by atoms with Gasteiger partial charge in [0.2, 0.25) is 0 Å². The first-order chi connectivity index (χ1) is 8.60. The molecule has 1 aliphatic carbocycles. The highest BCUT2D eigenvalue weighted by atomic mass is 16.3. The van der Waals surface area contributed by atoms with E-state index in [1.807, 2.05) is 13.8 Å². The van der Waals surface area contributed by atoms with Crippen LogP contribution in [0.3, 0.4) is 0 Å². The van der Waals surface area contributed by atoms with Crippen molar-refractivity contribution in [2.75, 3.05) is 23.8 Å². The smallest absolute Gasteiger partial charge is 0.135 e. The third-order valence-electron chi connectivity index (χ3n) is 3.34. The molecule has 5 nitrogen and oxygen atoms in total. The Morgan fingerprint density at radius 3 is 2.44 bits per heavy atom. The Labute approximate surface area is 108 Å². The minimum atomic E-state index is -0.145. The molecule has 18 heavy (non-hydrogen) atoms. The lowest BCUT2D eigenvalue weighted by molar-refractivity contribution is 0.266. The molecule has 1 saturated carbocycles. The maximum absolute atomic E-state index is 9.37. The number of rotatable bonds is 6. The van der Waals surface area contributed by atoms with E-state index in [2.05, 4.69) is 27.5 Å². The minimum absolute atomic E-state index is 0.145. The summed E-state index contributed by atoms with van der Waals surface area (Å²) in [5.41, 5.74) is 0.877. The van der Waals surface area contributed by atoms with Gasteiger partial charge in [0.05, 0.1) is 12.1 Å². The van der Waals surface area contributed by atoms with E-state index < -0.39 is 0 Å². The van der Waals surface area contributed by atoms with Gasteiger partial charge in [-0.2, -0.15) is 0 Å². The number of anilines is 2. The summed E-state index contributed by atoms with van der Waals surface area (Å²) in [7, 11) is 0. The van der Waals surface area contributed by atoms with E-state index in [-0.39, 0.29) is 12.1 Å². The van der Waals surface area contributed by atoms with Crippen molar-refractivity contribution in [1.29, 1.82) is 0 Å². The van der Waals surface area contributed by atoms with Gasteiger partial charge in [-0.15, -0.1) is 0 Å². The molecule has 0 amide bonds. The van der Waals surface area contributed by atoms with Gasteiger partial charge in [0, 0.05) is 12.1 Å². The molecule has 3 N–H and O–H groups in total. The molecule has 0 spiro atoms. The van der Waals surface area contributed by atoms with Crippen LogP contribution in [0.5, 0.6) is 0 Å². The summed E-state index contributed by atoms with van der Waals surface area (Å²) in [4.78, 5) is 8.86. The molecule has 0 bridgehead atoms. The third kappa shape index (κ3) is 2.72. The standard InChI is InChI=1S/C13H22N4O/c1-4-7-14-11-9(2)12(16-10(3)15-11)17-13(8-18)5-6-13/h18H,4-8H2,1-3H3,(H2,14,15,16,17). The summed E-state index contributed by atoms with van der Waals surface area (Å²) < 4.78 is 0. The van der Waals surface area contributed by atoms with Crippen molar-refractivity contribution in [3.63, 3.8) is 0 Å². The Morgan fingerprint density at radius 2 is 1.89 bits per heavy atom. The van der Waals surface area contributed by atoms with E-state index in [1.54, 1.807) is 0 Å². The van der Waals surface area contributed by atoms with E-state index >= 15 is 0 Å². The lowest BCUT2D eigenvalue weighted by Crippen LogP contribution is -2.27. The van der Waals surface area contributed by atoms with Crippen LogP contribution in [0.15, 0.2) is 0 Å². The second-order valence-electron chi connectivity index (χ2n) is 5.08. The van der Waals surface area contributed by atoms with Gasteiger partial charge in [-0.05, 0) is 33.1 Å². The number of aromatic nitrogens is 2. The monoisotopic (exact) mass is 250 g/mol. The number of aryl methyl sites for hydroxylation is 1. The van der Waals surface area contributed by atoms with Gasteiger partial charge in [0.15, 0.2) is 0 Å². The fourth-order valence-electron chi connectivity index (χ4n) is 1.89. The predicted octanol–water partition coefficient (Wildman–Crippen LogP) is 1.85. The molecule has 0 unspecified atom stereocenters. The zero-order valence-electron chi connectivity index (χ0n) is 11.4. The molecule has 1 heterocycles. The van der Waals surface area contributed by atoms with E-state index in [4.69, 9.17) is 0 Å². The average molecular weight is 250 g/mol. The summed E-state index contributed by atoms with van der Waals surface area (Å²) in [6.45, 7) is 7.09. The zero-order valence-corrected chi connectivity index (χ0v) is 11.4. The minimum Gasteiger partial charge on any atom is -0.394 e. The van der Waals surface area contributed by atoms with Crippen molar-refractivity contribution in [3.8, 4) is 0 Å². The quantitative estimate of drug-likeness (QED) is 0.719. The molecule has 1 aromatic heterocycles.